The molecular formula is C16H14BrClO2. The molecule has 2 aromatic rings. The average molecular weight is 354 g/mol. The van der Waals surface area contributed by atoms with Crippen molar-refractivity contribution in [3.8, 4) is 5.75 Å². The second-order valence-electron chi connectivity index (χ2n) is 4.57. The standard InChI is InChI=1S/C16H14BrClO2/c1-10-6-7-15(14(17)8-10)20-11(2)16(19)12-4-3-5-13(18)9-12/h3-9,11H,1-2H3. The molecule has 1 atom stereocenters. The van der Waals surface area contributed by atoms with Gasteiger partial charge in [0.25, 0.3) is 0 Å². The maximum absolute atomic E-state index is 12.3. The van der Waals surface area contributed by atoms with Crippen LogP contribution in [-0.4, -0.2) is 11.9 Å². The van der Waals surface area contributed by atoms with Crippen LogP contribution in [0.1, 0.15) is 22.8 Å². The van der Waals surface area contributed by atoms with E-state index in [9.17, 15) is 4.79 Å². The predicted octanol–water partition coefficient (Wildman–Crippen LogP) is 5.06. The minimum Gasteiger partial charge on any atom is -0.481 e. The van der Waals surface area contributed by atoms with Gasteiger partial charge in [-0.1, -0.05) is 29.8 Å². The second-order valence-corrected chi connectivity index (χ2v) is 5.86. The molecule has 0 bridgehead atoms. The maximum atomic E-state index is 12.3. The van der Waals surface area contributed by atoms with Gasteiger partial charge in [0.15, 0.2) is 6.10 Å². The summed E-state index contributed by atoms with van der Waals surface area (Å²) in [4.78, 5) is 12.3. The van der Waals surface area contributed by atoms with E-state index >= 15 is 0 Å². The Kier molecular flexibility index (Phi) is 4.84. The largest absolute Gasteiger partial charge is 0.481 e. The molecule has 2 aromatic carbocycles. The van der Waals surface area contributed by atoms with Crippen LogP contribution in [0.5, 0.6) is 5.75 Å². The molecule has 0 aliphatic rings. The van der Waals surface area contributed by atoms with Crippen LogP contribution in [0, 0.1) is 6.92 Å². The van der Waals surface area contributed by atoms with Crippen LogP contribution < -0.4 is 4.74 Å². The molecule has 0 N–H and O–H groups in total. The highest BCUT2D eigenvalue weighted by Crippen LogP contribution is 2.27. The molecule has 2 nitrogen and oxygen atoms in total. The highest BCUT2D eigenvalue weighted by atomic mass is 79.9. The molecule has 0 saturated heterocycles. The third kappa shape index (κ3) is 3.62. The Bertz CT molecular complexity index is 640. The van der Waals surface area contributed by atoms with E-state index in [2.05, 4.69) is 15.9 Å². The van der Waals surface area contributed by atoms with Crippen molar-refractivity contribution < 1.29 is 9.53 Å². The van der Waals surface area contributed by atoms with Crippen molar-refractivity contribution in [1.82, 2.24) is 0 Å². The minimum absolute atomic E-state index is 0.0972. The van der Waals surface area contributed by atoms with E-state index < -0.39 is 6.10 Å². The zero-order chi connectivity index (χ0) is 14.7. The lowest BCUT2D eigenvalue weighted by Gasteiger charge is -2.15. The van der Waals surface area contributed by atoms with Crippen molar-refractivity contribution in [2.75, 3.05) is 0 Å². The van der Waals surface area contributed by atoms with Crippen molar-refractivity contribution >= 4 is 33.3 Å². The van der Waals surface area contributed by atoms with E-state index in [-0.39, 0.29) is 5.78 Å². The highest BCUT2D eigenvalue weighted by molar-refractivity contribution is 9.10. The summed E-state index contributed by atoms with van der Waals surface area (Å²) in [7, 11) is 0. The first-order chi connectivity index (χ1) is 9.47. The van der Waals surface area contributed by atoms with E-state index in [0.29, 0.717) is 16.3 Å². The van der Waals surface area contributed by atoms with Gasteiger partial charge in [0.2, 0.25) is 5.78 Å². The summed E-state index contributed by atoms with van der Waals surface area (Å²) < 4.78 is 6.55. The van der Waals surface area contributed by atoms with Crippen molar-refractivity contribution in [3.05, 3.63) is 63.1 Å². The first kappa shape index (κ1) is 15.1. The lowest BCUT2D eigenvalue weighted by Crippen LogP contribution is -2.24. The van der Waals surface area contributed by atoms with Crippen LogP contribution in [0.3, 0.4) is 0 Å². The summed E-state index contributed by atoms with van der Waals surface area (Å²) in [6.45, 7) is 3.73. The van der Waals surface area contributed by atoms with Gasteiger partial charge in [-0.3, -0.25) is 4.79 Å². The van der Waals surface area contributed by atoms with Crippen LogP contribution in [0.4, 0.5) is 0 Å². The van der Waals surface area contributed by atoms with E-state index in [0.717, 1.165) is 10.0 Å². The average Bonchev–Trinajstić information content (AvgIpc) is 2.41. The van der Waals surface area contributed by atoms with Crippen LogP contribution in [-0.2, 0) is 0 Å². The number of hydrogen-bond acceptors (Lipinski definition) is 2. The van der Waals surface area contributed by atoms with E-state index in [1.165, 1.54) is 0 Å². The highest BCUT2D eigenvalue weighted by Gasteiger charge is 2.18. The summed E-state index contributed by atoms with van der Waals surface area (Å²) in [5.41, 5.74) is 1.67. The third-order valence-corrected chi connectivity index (χ3v) is 3.72. The number of benzene rings is 2. The van der Waals surface area contributed by atoms with Gasteiger partial charge in [-0.15, -0.1) is 0 Å². The molecule has 0 aliphatic heterocycles. The Morgan fingerprint density at radius 1 is 1.25 bits per heavy atom. The Balaban J connectivity index is 2.15. The molecule has 0 aromatic heterocycles. The molecule has 2 rings (SSSR count). The van der Waals surface area contributed by atoms with Gasteiger partial charge in [0.1, 0.15) is 5.75 Å². The molecule has 0 aliphatic carbocycles. The van der Waals surface area contributed by atoms with Crippen LogP contribution >= 0.6 is 27.5 Å². The quantitative estimate of drug-likeness (QED) is 0.718. The minimum atomic E-state index is -0.576. The number of ether oxygens (including phenoxy) is 1. The van der Waals surface area contributed by atoms with Crippen LogP contribution in [0.2, 0.25) is 5.02 Å². The van der Waals surface area contributed by atoms with Crippen molar-refractivity contribution in [2.45, 2.75) is 20.0 Å². The SMILES string of the molecule is Cc1ccc(OC(C)C(=O)c2cccc(Cl)c2)c(Br)c1. The number of Topliss-reactive ketones (excluding diaryl/α,β-unsaturated/α-hetero) is 1. The number of hydrogen-bond donors (Lipinski definition) is 0. The van der Waals surface area contributed by atoms with Gasteiger partial charge >= 0.3 is 0 Å². The number of ketones is 1. The van der Waals surface area contributed by atoms with Crippen LogP contribution in [0.15, 0.2) is 46.9 Å². The van der Waals surface area contributed by atoms with Gasteiger partial charge in [0, 0.05) is 10.6 Å². The van der Waals surface area contributed by atoms with E-state index in [1.54, 1.807) is 31.2 Å². The third-order valence-electron chi connectivity index (χ3n) is 2.87. The molecule has 104 valence electrons. The molecule has 4 heteroatoms. The molecular weight excluding hydrogens is 340 g/mol. The zero-order valence-corrected chi connectivity index (χ0v) is 13.5. The van der Waals surface area contributed by atoms with E-state index in [4.69, 9.17) is 16.3 Å². The van der Waals surface area contributed by atoms with Crippen molar-refractivity contribution in [3.63, 3.8) is 0 Å². The predicted molar refractivity (Wildman–Crippen MR) is 84.8 cm³/mol. The van der Waals surface area contributed by atoms with Gasteiger partial charge in [-0.25, -0.2) is 0 Å². The zero-order valence-electron chi connectivity index (χ0n) is 11.2. The molecule has 20 heavy (non-hydrogen) atoms. The lowest BCUT2D eigenvalue weighted by atomic mass is 10.1. The number of rotatable bonds is 4. The van der Waals surface area contributed by atoms with Crippen LogP contribution in [0.25, 0.3) is 0 Å². The van der Waals surface area contributed by atoms with Gasteiger partial charge < -0.3 is 4.74 Å². The Morgan fingerprint density at radius 2 is 2.00 bits per heavy atom. The van der Waals surface area contributed by atoms with Gasteiger partial charge in [0.05, 0.1) is 4.47 Å². The maximum Gasteiger partial charge on any atom is 0.203 e. The summed E-state index contributed by atoms with van der Waals surface area (Å²) in [6, 6.07) is 12.6. The molecule has 1 unspecified atom stereocenters. The summed E-state index contributed by atoms with van der Waals surface area (Å²) in [5, 5.41) is 0.541. The second kappa shape index (κ2) is 6.42. The smallest absolute Gasteiger partial charge is 0.203 e. The lowest BCUT2D eigenvalue weighted by molar-refractivity contribution is 0.0817. The Morgan fingerprint density at radius 3 is 2.65 bits per heavy atom. The summed E-state index contributed by atoms with van der Waals surface area (Å²) in [5.74, 6) is 0.554. The number of aryl methyl sites for hydroxylation is 1. The fraction of sp³-hybridized carbons (Fsp3) is 0.188. The molecule has 0 spiro atoms. The first-order valence-electron chi connectivity index (χ1n) is 6.20. The Hall–Kier alpha value is -1.32. The number of carbonyl (C=O) groups is 1. The summed E-state index contributed by atoms with van der Waals surface area (Å²) >= 11 is 9.33. The fourth-order valence-corrected chi connectivity index (χ4v) is 2.60. The normalized spacial score (nSPS) is 12.0. The number of carbonyl (C=O) groups excluding carboxylic acids is 1. The number of halogens is 2. The topological polar surface area (TPSA) is 26.3 Å². The molecule has 0 radical (unpaired) electrons. The molecule has 0 amide bonds. The van der Waals surface area contributed by atoms with Crippen molar-refractivity contribution in [2.24, 2.45) is 0 Å². The van der Waals surface area contributed by atoms with Gasteiger partial charge in [-0.05, 0) is 59.6 Å². The molecule has 0 saturated carbocycles. The monoisotopic (exact) mass is 352 g/mol. The molecule has 0 fully saturated rings. The first-order valence-corrected chi connectivity index (χ1v) is 7.37. The van der Waals surface area contributed by atoms with Gasteiger partial charge in [-0.2, -0.15) is 0 Å². The fourth-order valence-electron chi connectivity index (χ4n) is 1.82. The van der Waals surface area contributed by atoms with Crippen molar-refractivity contribution in [1.29, 1.82) is 0 Å². The molecule has 0 heterocycles. The Labute approximate surface area is 131 Å². The van der Waals surface area contributed by atoms with E-state index in [1.807, 2.05) is 25.1 Å². The summed E-state index contributed by atoms with van der Waals surface area (Å²) in [6.07, 6.45) is -0.576.